The van der Waals surface area contributed by atoms with Crippen LogP contribution in [0.15, 0.2) is 42.5 Å². The van der Waals surface area contributed by atoms with Crippen LogP contribution in [0.4, 0.5) is 17.6 Å². The fourth-order valence-corrected chi connectivity index (χ4v) is 2.75. The lowest BCUT2D eigenvalue weighted by Gasteiger charge is -2.23. The number of hydrogen-bond acceptors (Lipinski definition) is 4. The standard InChI is InChI=1S/C19H15F4NO4/c1-27-16(19(21,22)23)9-24-17(25)14-7-6-13(8-15(14)18(24)26)28-10-11-2-4-12(20)5-3-11/h2-8,16H,9-10H2,1H3. The predicted octanol–water partition coefficient (Wildman–Crippen LogP) is 3.58. The van der Waals surface area contributed by atoms with E-state index in [4.69, 9.17) is 4.74 Å². The van der Waals surface area contributed by atoms with Gasteiger partial charge in [0.05, 0.1) is 17.7 Å². The maximum atomic E-state index is 12.9. The molecule has 2 amide bonds. The van der Waals surface area contributed by atoms with Crippen LogP contribution < -0.4 is 4.74 Å². The molecule has 0 saturated heterocycles. The largest absolute Gasteiger partial charge is 0.489 e. The van der Waals surface area contributed by atoms with E-state index in [-0.39, 0.29) is 23.5 Å². The Labute approximate surface area is 157 Å². The molecule has 1 aliphatic heterocycles. The second-order valence-electron chi connectivity index (χ2n) is 6.11. The molecule has 3 rings (SSSR count). The van der Waals surface area contributed by atoms with E-state index < -0.39 is 36.5 Å². The van der Waals surface area contributed by atoms with Gasteiger partial charge in [-0.15, -0.1) is 0 Å². The summed E-state index contributed by atoms with van der Waals surface area (Å²) < 4.78 is 61.5. The molecule has 1 atom stereocenters. The first-order chi connectivity index (χ1) is 13.2. The summed E-state index contributed by atoms with van der Waals surface area (Å²) in [6.45, 7) is -0.844. The van der Waals surface area contributed by atoms with Gasteiger partial charge < -0.3 is 9.47 Å². The lowest BCUT2D eigenvalue weighted by atomic mass is 10.1. The number of hydrogen-bond donors (Lipinski definition) is 0. The van der Waals surface area contributed by atoms with Crippen LogP contribution in [-0.4, -0.2) is 42.6 Å². The molecule has 1 aliphatic rings. The molecule has 0 radical (unpaired) electrons. The molecule has 1 unspecified atom stereocenters. The number of rotatable bonds is 6. The predicted molar refractivity (Wildman–Crippen MR) is 89.4 cm³/mol. The van der Waals surface area contributed by atoms with Crippen LogP contribution in [0.2, 0.25) is 0 Å². The van der Waals surface area contributed by atoms with E-state index in [0.717, 1.165) is 7.11 Å². The second kappa shape index (κ2) is 7.59. The summed E-state index contributed by atoms with van der Waals surface area (Å²) in [5.74, 6) is -1.81. The normalized spacial score (nSPS) is 15.0. The van der Waals surface area contributed by atoms with Crippen molar-refractivity contribution in [3.63, 3.8) is 0 Å². The highest BCUT2D eigenvalue weighted by atomic mass is 19.4. The summed E-state index contributed by atoms with van der Waals surface area (Å²) in [5, 5.41) is 0. The summed E-state index contributed by atoms with van der Waals surface area (Å²) in [5.41, 5.74) is 0.633. The van der Waals surface area contributed by atoms with Gasteiger partial charge in [0, 0.05) is 7.11 Å². The molecule has 148 valence electrons. The number of nitrogens with zero attached hydrogens (tertiary/aromatic N) is 1. The lowest BCUT2D eigenvalue weighted by Crippen LogP contribution is -2.44. The van der Waals surface area contributed by atoms with Crippen molar-refractivity contribution < 1.29 is 36.6 Å². The van der Waals surface area contributed by atoms with Crippen LogP contribution >= 0.6 is 0 Å². The number of alkyl halides is 3. The summed E-state index contributed by atoms with van der Waals surface area (Å²) >= 11 is 0. The number of carbonyl (C=O) groups excluding carboxylic acids is 2. The molecule has 1 heterocycles. The molecule has 2 aromatic carbocycles. The number of methoxy groups -OCH3 is 1. The highest BCUT2D eigenvalue weighted by Crippen LogP contribution is 2.30. The third-order valence-electron chi connectivity index (χ3n) is 4.26. The maximum Gasteiger partial charge on any atom is 0.416 e. The summed E-state index contributed by atoms with van der Waals surface area (Å²) in [6, 6.07) is 9.67. The van der Waals surface area contributed by atoms with Crippen LogP contribution in [0, 0.1) is 5.82 Å². The Morgan fingerprint density at radius 3 is 2.25 bits per heavy atom. The number of imide groups is 1. The van der Waals surface area contributed by atoms with Gasteiger partial charge in [-0.25, -0.2) is 4.39 Å². The molecule has 0 aliphatic carbocycles. The second-order valence-corrected chi connectivity index (χ2v) is 6.11. The zero-order valence-electron chi connectivity index (χ0n) is 14.6. The van der Waals surface area contributed by atoms with Crippen LogP contribution in [0.3, 0.4) is 0 Å². The van der Waals surface area contributed by atoms with Crippen molar-refractivity contribution in [1.82, 2.24) is 4.90 Å². The van der Waals surface area contributed by atoms with E-state index in [2.05, 4.69) is 4.74 Å². The molecule has 0 fully saturated rings. The Balaban J connectivity index is 1.75. The van der Waals surface area contributed by atoms with Crippen molar-refractivity contribution in [2.75, 3.05) is 13.7 Å². The van der Waals surface area contributed by atoms with Gasteiger partial charge in [-0.2, -0.15) is 13.2 Å². The molecule has 5 nitrogen and oxygen atoms in total. The minimum absolute atomic E-state index is 0.00356. The first-order valence-corrected chi connectivity index (χ1v) is 8.17. The Kier molecular flexibility index (Phi) is 5.37. The average molecular weight is 397 g/mol. The van der Waals surface area contributed by atoms with Crippen LogP contribution in [0.5, 0.6) is 5.75 Å². The Morgan fingerprint density at radius 1 is 1.00 bits per heavy atom. The SMILES string of the molecule is COC(CN1C(=O)c2ccc(OCc3ccc(F)cc3)cc2C1=O)C(F)(F)F. The zero-order chi connectivity index (χ0) is 20.5. The minimum Gasteiger partial charge on any atom is -0.489 e. The van der Waals surface area contributed by atoms with Crippen LogP contribution in [-0.2, 0) is 11.3 Å². The number of carbonyl (C=O) groups is 2. The van der Waals surface area contributed by atoms with Crippen molar-refractivity contribution in [2.45, 2.75) is 18.9 Å². The molecule has 0 bridgehead atoms. The number of amides is 2. The molecule has 0 spiro atoms. The molecule has 0 N–H and O–H groups in total. The molecule has 0 saturated carbocycles. The van der Waals surface area contributed by atoms with Gasteiger partial charge in [0.2, 0.25) is 0 Å². The Hall–Kier alpha value is -2.94. The molecule has 28 heavy (non-hydrogen) atoms. The third kappa shape index (κ3) is 3.99. The van der Waals surface area contributed by atoms with E-state index >= 15 is 0 Å². The number of benzene rings is 2. The zero-order valence-corrected chi connectivity index (χ0v) is 14.6. The van der Waals surface area contributed by atoms with Gasteiger partial charge in [-0.3, -0.25) is 14.5 Å². The molecular weight excluding hydrogens is 382 g/mol. The van der Waals surface area contributed by atoms with Crippen molar-refractivity contribution in [3.8, 4) is 5.75 Å². The quantitative estimate of drug-likeness (QED) is 0.552. The first-order valence-electron chi connectivity index (χ1n) is 8.17. The fourth-order valence-electron chi connectivity index (χ4n) is 2.75. The minimum atomic E-state index is -4.71. The Morgan fingerprint density at radius 2 is 1.64 bits per heavy atom. The van der Waals surface area contributed by atoms with E-state index in [1.165, 1.54) is 42.5 Å². The van der Waals surface area contributed by atoms with E-state index in [0.29, 0.717) is 10.5 Å². The molecule has 2 aromatic rings. The van der Waals surface area contributed by atoms with Crippen molar-refractivity contribution in [1.29, 1.82) is 0 Å². The highest BCUT2D eigenvalue weighted by Gasteiger charge is 2.45. The number of ether oxygens (including phenoxy) is 2. The van der Waals surface area contributed by atoms with E-state index in [9.17, 15) is 27.2 Å². The van der Waals surface area contributed by atoms with E-state index in [1.807, 2.05) is 0 Å². The fraction of sp³-hybridized carbons (Fsp3) is 0.263. The molecular formula is C19H15F4NO4. The van der Waals surface area contributed by atoms with E-state index in [1.54, 1.807) is 0 Å². The first kappa shape index (κ1) is 19.8. The smallest absolute Gasteiger partial charge is 0.416 e. The summed E-state index contributed by atoms with van der Waals surface area (Å²) in [4.78, 5) is 25.3. The molecule has 0 aromatic heterocycles. The van der Waals surface area contributed by atoms with Gasteiger partial charge in [-0.05, 0) is 35.9 Å². The van der Waals surface area contributed by atoms with Crippen LogP contribution in [0.25, 0.3) is 0 Å². The molecule has 9 heteroatoms. The van der Waals surface area contributed by atoms with Crippen molar-refractivity contribution in [2.24, 2.45) is 0 Å². The lowest BCUT2D eigenvalue weighted by molar-refractivity contribution is -0.213. The van der Waals surface area contributed by atoms with Gasteiger partial charge in [0.15, 0.2) is 6.10 Å². The van der Waals surface area contributed by atoms with Gasteiger partial charge >= 0.3 is 6.18 Å². The third-order valence-corrected chi connectivity index (χ3v) is 4.26. The van der Waals surface area contributed by atoms with Gasteiger partial charge in [0.25, 0.3) is 11.8 Å². The average Bonchev–Trinajstić information content (AvgIpc) is 2.88. The number of fused-ring (bicyclic) bond motifs is 1. The van der Waals surface area contributed by atoms with Gasteiger partial charge in [0.1, 0.15) is 18.2 Å². The summed E-state index contributed by atoms with van der Waals surface area (Å²) in [6.07, 6.45) is -6.99. The Bertz CT molecular complexity index is 896. The van der Waals surface area contributed by atoms with Crippen LogP contribution in [0.1, 0.15) is 26.3 Å². The summed E-state index contributed by atoms with van der Waals surface area (Å²) in [7, 11) is 0.859. The monoisotopic (exact) mass is 397 g/mol. The van der Waals surface area contributed by atoms with Crippen molar-refractivity contribution >= 4 is 11.8 Å². The maximum absolute atomic E-state index is 12.9. The highest BCUT2D eigenvalue weighted by molar-refractivity contribution is 6.21. The number of halogens is 4. The van der Waals surface area contributed by atoms with Gasteiger partial charge in [-0.1, -0.05) is 12.1 Å². The topological polar surface area (TPSA) is 55.8 Å². The van der Waals surface area contributed by atoms with Crippen molar-refractivity contribution in [3.05, 3.63) is 65.0 Å².